The topological polar surface area (TPSA) is 58.4 Å². The Morgan fingerprint density at radius 2 is 2.12 bits per heavy atom. The van der Waals surface area contributed by atoms with Gasteiger partial charge in [-0.3, -0.25) is 4.79 Å². The molecule has 4 heteroatoms. The third-order valence-electron chi connectivity index (χ3n) is 3.16. The first-order chi connectivity index (χ1) is 8.02. The normalized spacial score (nSPS) is 17.7. The molecule has 4 nitrogen and oxygen atoms in total. The maximum absolute atomic E-state index is 11.3. The molecule has 1 amide bonds. The zero-order valence-electron chi connectivity index (χ0n) is 11.4. The summed E-state index contributed by atoms with van der Waals surface area (Å²) in [6, 6.07) is 0.386. The molecule has 0 spiro atoms. The summed E-state index contributed by atoms with van der Waals surface area (Å²) in [6.07, 6.45) is 3.20. The van der Waals surface area contributed by atoms with Gasteiger partial charge < -0.3 is 16.0 Å². The molecule has 1 unspecified atom stereocenters. The van der Waals surface area contributed by atoms with Crippen molar-refractivity contribution in [2.75, 3.05) is 19.6 Å². The van der Waals surface area contributed by atoms with Crippen molar-refractivity contribution in [3.63, 3.8) is 0 Å². The van der Waals surface area contributed by atoms with Gasteiger partial charge in [-0.15, -0.1) is 0 Å². The number of amides is 1. The first kappa shape index (κ1) is 14.5. The Morgan fingerprint density at radius 1 is 1.47 bits per heavy atom. The molecule has 1 fully saturated rings. The summed E-state index contributed by atoms with van der Waals surface area (Å²) in [7, 11) is 0. The van der Waals surface area contributed by atoms with Crippen molar-refractivity contribution in [3.05, 3.63) is 0 Å². The summed E-state index contributed by atoms with van der Waals surface area (Å²) in [5.41, 5.74) is 5.42. The van der Waals surface area contributed by atoms with Crippen molar-refractivity contribution >= 4 is 5.91 Å². The summed E-state index contributed by atoms with van der Waals surface area (Å²) in [5.74, 6) is 0.455. The number of hydrogen-bond acceptors (Lipinski definition) is 3. The predicted octanol–water partition coefficient (Wildman–Crippen LogP) is 0.960. The minimum atomic E-state index is -0.211. The third kappa shape index (κ3) is 6.03. The fourth-order valence-corrected chi connectivity index (χ4v) is 2.05. The van der Waals surface area contributed by atoms with Crippen molar-refractivity contribution in [1.82, 2.24) is 10.2 Å². The first-order valence-corrected chi connectivity index (χ1v) is 6.80. The molecule has 3 N–H and O–H groups in total. The van der Waals surface area contributed by atoms with Gasteiger partial charge in [0, 0.05) is 19.1 Å². The minimum absolute atomic E-state index is 0.149. The molecular weight excluding hydrogens is 214 g/mol. The lowest BCUT2D eigenvalue weighted by molar-refractivity contribution is -0.120. The van der Waals surface area contributed by atoms with Gasteiger partial charge in [-0.2, -0.15) is 0 Å². The Balaban J connectivity index is 2.30. The number of hydrogen-bond donors (Lipinski definition) is 2. The molecule has 0 aromatic carbocycles. The first-order valence-electron chi connectivity index (χ1n) is 6.80. The number of nitrogens with two attached hydrogens (primary N) is 1. The van der Waals surface area contributed by atoms with Crippen molar-refractivity contribution in [2.24, 2.45) is 11.7 Å². The molecule has 0 saturated heterocycles. The summed E-state index contributed by atoms with van der Waals surface area (Å²) in [6.45, 7) is 9.67. The van der Waals surface area contributed by atoms with Gasteiger partial charge >= 0.3 is 0 Å². The smallest absolute Gasteiger partial charge is 0.234 e. The highest BCUT2D eigenvalue weighted by Crippen LogP contribution is 2.20. The third-order valence-corrected chi connectivity index (χ3v) is 3.16. The Kier molecular flexibility index (Phi) is 5.92. The lowest BCUT2D eigenvalue weighted by Crippen LogP contribution is -2.44. The molecule has 1 aliphatic rings. The fraction of sp³-hybridized carbons (Fsp3) is 0.923. The number of carbonyl (C=O) groups excluding carboxylic acids is 1. The van der Waals surface area contributed by atoms with Gasteiger partial charge in [-0.25, -0.2) is 0 Å². The van der Waals surface area contributed by atoms with Gasteiger partial charge in [0.05, 0.1) is 6.04 Å². The van der Waals surface area contributed by atoms with Crippen LogP contribution >= 0.6 is 0 Å². The maximum atomic E-state index is 11.3. The van der Waals surface area contributed by atoms with E-state index < -0.39 is 0 Å². The van der Waals surface area contributed by atoms with Crippen molar-refractivity contribution < 1.29 is 4.79 Å². The van der Waals surface area contributed by atoms with Crippen molar-refractivity contribution in [3.8, 4) is 0 Å². The zero-order valence-corrected chi connectivity index (χ0v) is 11.4. The molecule has 1 atom stereocenters. The standard InChI is InChI=1S/C13H27N3O/c1-4-16(9-10(2)3)8-7-12(13(14)17)15-11-5-6-11/h10-12,15H,4-9H2,1-3H3,(H2,14,17). The quantitative estimate of drug-likeness (QED) is 0.632. The molecule has 100 valence electrons. The van der Waals surface area contributed by atoms with Crippen LogP contribution in [0.2, 0.25) is 0 Å². The summed E-state index contributed by atoms with van der Waals surface area (Å²) in [5, 5.41) is 3.32. The molecule has 0 bridgehead atoms. The van der Waals surface area contributed by atoms with E-state index >= 15 is 0 Å². The zero-order chi connectivity index (χ0) is 12.8. The molecule has 17 heavy (non-hydrogen) atoms. The van der Waals surface area contributed by atoms with E-state index in [-0.39, 0.29) is 11.9 Å². The van der Waals surface area contributed by atoms with Gasteiger partial charge in [0.25, 0.3) is 0 Å². The van der Waals surface area contributed by atoms with Crippen LogP contribution in [-0.2, 0) is 4.79 Å². The Morgan fingerprint density at radius 3 is 2.53 bits per heavy atom. The molecule has 0 aliphatic heterocycles. The van der Waals surface area contributed by atoms with E-state index in [1.54, 1.807) is 0 Å². The molecular formula is C13H27N3O. The second kappa shape index (κ2) is 6.97. The molecule has 1 saturated carbocycles. The van der Waals surface area contributed by atoms with Gasteiger partial charge in [-0.05, 0) is 31.7 Å². The SMILES string of the molecule is CCN(CCC(NC1CC1)C(N)=O)CC(C)C. The van der Waals surface area contributed by atoms with Crippen LogP contribution in [0.1, 0.15) is 40.0 Å². The van der Waals surface area contributed by atoms with Crippen LogP contribution in [0.25, 0.3) is 0 Å². The molecule has 0 aromatic rings. The molecule has 0 heterocycles. The molecule has 0 aromatic heterocycles. The van der Waals surface area contributed by atoms with Gasteiger partial charge in [0.15, 0.2) is 0 Å². The van der Waals surface area contributed by atoms with Crippen molar-refractivity contribution in [2.45, 2.75) is 52.1 Å². The lowest BCUT2D eigenvalue weighted by Gasteiger charge is -2.24. The molecule has 1 aliphatic carbocycles. The molecule has 1 rings (SSSR count). The average Bonchev–Trinajstić information content (AvgIpc) is 3.04. The summed E-state index contributed by atoms with van der Waals surface area (Å²) < 4.78 is 0. The highest BCUT2D eigenvalue weighted by Gasteiger charge is 2.27. The van der Waals surface area contributed by atoms with Crippen LogP contribution in [0.15, 0.2) is 0 Å². The number of nitrogens with zero attached hydrogens (tertiary/aromatic N) is 1. The van der Waals surface area contributed by atoms with Gasteiger partial charge in [0.1, 0.15) is 0 Å². The fourth-order valence-electron chi connectivity index (χ4n) is 2.05. The summed E-state index contributed by atoms with van der Waals surface area (Å²) >= 11 is 0. The Bertz CT molecular complexity index is 239. The van der Waals surface area contributed by atoms with Crippen LogP contribution in [0.3, 0.4) is 0 Å². The van der Waals surface area contributed by atoms with Gasteiger partial charge in [-0.1, -0.05) is 20.8 Å². The van der Waals surface area contributed by atoms with E-state index in [0.29, 0.717) is 12.0 Å². The van der Waals surface area contributed by atoms with Crippen LogP contribution in [-0.4, -0.2) is 42.5 Å². The van der Waals surface area contributed by atoms with Crippen LogP contribution < -0.4 is 11.1 Å². The van der Waals surface area contributed by atoms with Gasteiger partial charge in [0.2, 0.25) is 5.91 Å². The highest BCUT2D eigenvalue weighted by molar-refractivity contribution is 5.79. The van der Waals surface area contributed by atoms with E-state index in [1.807, 2.05) is 0 Å². The summed E-state index contributed by atoms with van der Waals surface area (Å²) in [4.78, 5) is 13.7. The van der Waals surface area contributed by atoms with E-state index in [2.05, 4.69) is 31.0 Å². The largest absolute Gasteiger partial charge is 0.368 e. The molecule has 0 radical (unpaired) electrons. The van der Waals surface area contributed by atoms with Crippen molar-refractivity contribution in [1.29, 1.82) is 0 Å². The monoisotopic (exact) mass is 241 g/mol. The maximum Gasteiger partial charge on any atom is 0.234 e. The Hall–Kier alpha value is -0.610. The number of carbonyl (C=O) groups is 1. The minimum Gasteiger partial charge on any atom is -0.368 e. The van der Waals surface area contributed by atoms with Crippen LogP contribution in [0, 0.1) is 5.92 Å². The average molecular weight is 241 g/mol. The number of nitrogens with one attached hydrogen (secondary N) is 1. The van der Waals surface area contributed by atoms with E-state index in [9.17, 15) is 4.79 Å². The van der Waals surface area contributed by atoms with E-state index in [4.69, 9.17) is 5.73 Å². The second-order valence-corrected chi connectivity index (χ2v) is 5.47. The highest BCUT2D eigenvalue weighted by atomic mass is 16.1. The second-order valence-electron chi connectivity index (χ2n) is 5.47. The van der Waals surface area contributed by atoms with Crippen LogP contribution in [0.5, 0.6) is 0 Å². The lowest BCUT2D eigenvalue weighted by atomic mass is 10.1. The van der Waals surface area contributed by atoms with E-state index in [1.165, 1.54) is 12.8 Å². The predicted molar refractivity (Wildman–Crippen MR) is 70.7 cm³/mol. The van der Waals surface area contributed by atoms with Crippen LogP contribution in [0.4, 0.5) is 0 Å². The number of rotatable bonds is 9. The number of primary amides is 1. The van der Waals surface area contributed by atoms with E-state index in [0.717, 1.165) is 26.1 Å². The Labute approximate surface area is 105 Å².